The molecule has 0 aliphatic carbocycles. The van der Waals surface area contributed by atoms with Crippen LogP contribution in [0.3, 0.4) is 0 Å². The van der Waals surface area contributed by atoms with E-state index in [9.17, 15) is 0 Å². The minimum absolute atomic E-state index is 0.706. The van der Waals surface area contributed by atoms with Gasteiger partial charge in [-0.25, -0.2) is 0 Å². The standard InChI is InChI=1S/C14H13N5S/c1-19(10-11-6-2-4-8-15-11)14-18-17-13(20-14)12-7-3-5-9-16-12/h2-9H,10H2,1H3. The van der Waals surface area contributed by atoms with Gasteiger partial charge in [-0.15, -0.1) is 10.2 Å². The maximum absolute atomic E-state index is 4.31. The van der Waals surface area contributed by atoms with Crippen LogP contribution in [-0.4, -0.2) is 27.2 Å². The van der Waals surface area contributed by atoms with Gasteiger partial charge in [-0.05, 0) is 24.3 Å². The van der Waals surface area contributed by atoms with Gasteiger partial charge in [0.1, 0.15) is 5.69 Å². The highest BCUT2D eigenvalue weighted by Gasteiger charge is 2.11. The second-order valence-electron chi connectivity index (χ2n) is 4.28. The molecule has 0 saturated carbocycles. The largest absolute Gasteiger partial charge is 0.344 e. The highest BCUT2D eigenvalue weighted by molar-refractivity contribution is 7.18. The zero-order valence-electron chi connectivity index (χ0n) is 11.0. The number of hydrogen-bond acceptors (Lipinski definition) is 6. The van der Waals surface area contributed by atoms with Crippen molar-refractivity contribution < 1.29 is 0 Å². The summed E-state index contributed by atoms with van der Waals surface area (Å²) in [6.07, 6.45) is 3.55. The van der Waals surface area contributed by atoms with E-state index in [2.05, 4.69) is 20.2 Å². The van der Waals surface area contributed by atoms with Crippen LogP contribution < -0.4 is 4.90 Å². The molecule has 0 atom stereocenters. The maximum Gasteiger partial charge on any atom is 0.208 e. The summed E-state index contributed by atoms with van der Waals surface area (Å²) in [5.41, 5.74) is 1.85. The van der Waals surface area contributed by atoms with E-state index >= 15 is 0 Å². The summed E-state index contributed by atoms with van der Waals surface area (Å²) in [5, 5.41) is 10.1. The van der Waals surface area contributed by atoms with Crippen molar-refractivity contribution in [1.82, 2.24) is 20.2 Å². The van der Waals surface area contributed by atoms with Crippen LogP contribution in [0.1, 0.15) is 5.69 Å². The van der Waals surface area contributed by atoms with Gasteiger partial charge < -0.3 is 4.90 Å². The van der Waals surface area contributed by atoms with E-state index in [-0.39, 0.29) is 0 Å². The number of hydrogen-bond donors (Lipinski definition) is 0. The highest BCUT2D eigenvalue weighted by Crippen LogP contribution is 2.27. The van der Waals surface area contributed by atoms with Crippen molar-refractivity contribution in [3.05, 3.63) is 54.5 Å². The molecule has 0 aliphatic rings. The molecule has 3 heterocycles. The molecule has 3 aromatic rings. The maximum atomic E-state index is 4.31. The van der Waals surface area contributed by atoms with Crippen LogP contribution in [0.2, 0.25) is 0 Å². The summed E-state index contributed by atoms with van der Waals surface area (Å²) >= 11 is 1.53. The van der Waals surface area contributed by atoms with E-state index in [0.717, 1.165) is 21.5 Å². The van der Waals surface area contributed by atoms with Crippen LogP contribution in [0, 0.1) is 0 Å². The molecule has 0 spiro atoms. The van der Waals surface area contributed by atoms with Crippen molar-refractivity contribution in [2.24, 2.45) is 0 Å². The van der Waals surface area contributed by atoms with E-state index < -0.39 is 0 Å². The Labute approximate surface area is 121 Å². The van der Waals surface area contributed by atoms with Gasteiger partial charge in [-0.1, -0.05) is 23.5 Å². The third-order valence-corrected chi connectivity index (χ3v) is 3.81. The van der Waals surface area contributed by atoms with E-state index in [1.54, 1.807) is 12.4 Å². The molecule has 0 aliphatic heterocycles. The molecule has 5 nitrogen and oxygen atoms in total. The van der Waals surface area contributed by atoms with Gasteiger partial charge in [-0.2, -0.15) is 0 Å². The van der Waals surface area contributed by atoms with E-state index in [4.69, 9.17) is 0 Å². The lowest BCUT2D eigenvalue weighted by molar-refractivity contribution is 0.865. The third-order valence-electron chi connectivity index (χ3n) is 2.75. The van der Waals surface area contributed by atoms with E-state index in [1.807, 2.05) is 48.3 Å². The molecule has 0 N–H and O–H groups in total. The molecule has 0 saturated heterocycles. The SMILES string of the molecule is CN(Cc1ccccn1)c1nnc(-c2ccccn2)s1. The van der Waals surface area contributed by atoms with Crippen LogP contribution in [-0.2, 0) is 6.54 Å². The number of rotatable bonds is 4. The Hall–Kier alpha value is -2.34. The first-order valence-electron chi connectivity index (χ1n) is 6.19. The zero-order chi connectivity index (χ0) is 13.8. The summed E-state index contributed by atoms with van der Waals surface area (Å²) in [4.78, 5) is 10.6. The van der Waals surface area contributed by atoms with Crippen LogP contribution in [0.25, 0.3) is 10.7 Å². The number of nitrogens with zero attached hydrogens (tertiary/aromatic N) is 5. The van der Waals surface area contributed by atoms with Gasteiger partial charge in [-0.3, -0.25) is 9.97 Å². The molecule has 0 aromatic carbocycles. The summed E-state index contributed by atoms with van der Waals surface area (Å²) in [6, 6.07) is 11.7. The second kappa shape index (κ2) is 5.75. The Morgan fingerprint density at radius 3 is 2.50 bits per heavy atom. The van der Waals surface area contributed by atoms with Crippen molar-refractivity contribution in [2.45, 2.75) is 6.54 Å². The first kappa shape index (κ1) is 12.7. The van der Waals surface area contributed by atoms with Crippen molar-refractivity contribution in [3.8, 4) is 10.7 Å². The smallest absolute Gasteiger partial charge is 0.208 e. The Morgan fingerprint density at radius 2 is 1.80 bits per heavy atom. The van der Waals surface area contributed by atoms with Crippen LogP contribution in [0.5, 0.6) is 0 Å². The van der Waals surface area contributed by atoms with Crippen LogP contribution >= 0.6 is 11.3 Å². The molecular weight excluding hydrogens is 270 g/mol. The second-order valence-corrected chi connectivity index (χ2v) is 5.24. The molecule has 20 heavy (non-hydrogen) atoms. The fraction of sp³-hybridized carbons (Fsp3) is 0.143. The minimum atomic E-state index is 0.706. The first-order chi connectivity index (χ1) is 9.83. The molecule has 0 unspecified atom stereocenters. The monoisotopic (exact) mass is 283 g/mol. The molecule has 0 amide bonds. The zero-order valence-corrected chi connectivity index (χ0v) is 11.8. The van der Waals surface area contributed by atoms with Gasteiger partial charge in [0.25, 0.3) is 0 Å². The molecule has 6 heteroatoms. The first-order valence-corrected chi connectivity index (χ1v) is 7.00. The summed E-state index contributed by atoms with van der Waals surface area (Å²) in [6.45, 7) is 0.706. The summed E-state index contributed by atoms with van der Waals surface area (Å²) < 4.78 is 0. The third kappa shape index (κ3) is 2.80. The van der Waals surface area contributed by atoms with Crippen molar-refractivity contribution in [1.29, 1.82) is 0 Å². The van der Waals surface area contributed by atoms with Gasteiger partial charge >= 0.3 is 0 Å². The summed E-state index contributed by atoms with van der Waals surface area (Å²) in [7, 11) is 1.98. The highest BCUT2D eigenvalue weighted by atomic mass is 32.1. The quantitative estimate of drug-likeness (QED) is 0.736. The Balaban J connectivity index is 1.77. The number of aromatic nitrogens is 4. The summed E-state index contributed by atoms with van der Waals surface area (Å²) in [5.74, 6) is 0. The van der Waals surface area contributed by atoms with Crippen LogP contribution in [0.4, 0.5) is 5.13 Å². The van der Waals surface area contributed by atoms with Crippen molar-refractivity contribution >= 4 is 16.5 Å². The van der Waals surface area contributed by atoms with Crippen molar-refractivity contribution in [3.63, 3.8) is 0 Å². The molecule has 0 bridgehead atoms. The Kier molecular flexibility index (Phi) is 3.64. The predicted octanol–water partition coefficient (Wildman–Crippen LogP) is 2.63. The normalized spacial score (nSPS) is 10.4. The van der Waals surface area contributed by atoms with Gasteiger partial charge in [0.15, 0.2) is 5.01 Å². The molecule has 0 radical (unpaired) electrons. The van der Waals surface area contributed by atoms with Gasteiger partial charge in [0.2, 0.25) is 5.13 Å². The Bertz CT molecular complexity index is 668. The van der Waals surface area contributed by atoms with E-state index in [0.29, 0.717) is 6.54 Å². The molecule has 100 valence electrons. The molecule has 3 aromatic heterocycles. The van der Waals surface area contributed by atoms with Gasteiger partial charge in [0.05, 0.1) is 12.2 Å². The lowest BCUT2D eigenvalue weighted by Gasteiger charge is -2.13. The number of anilines is 1. The van der Waals surface area contributed by atoms with Gasteiger partial charge in [0, 0.05) is 19.4 Å². The predicted molar refractivity (Wildman–Crippen MR) is 79.5 cm³/mol. The lowest BCUT2D eigenvalue weighted by atomic mass is 10.3. The van der Waals surface area contributed by atoms with Crippen LogP contribution in [0.15, 0.2) is 48.8 Å². The van der Waals surface area contributed by atoms with E-state index in [1.165, 1.54) is 11.3 Å². The topological polar surface area (TPSA) is 54.8 Å². The van der Waals surface area contributed by atoms with Crippen molar-refractivity contribution in [2.75, 3.05) is 11.9 Å². The number of pyridine rings is 2. The fourth-order valence-corrected chi connectivity index (χ4v) is 2.55. The minimum Gasteiger partial charge on any atom is -0.344 e. The average molecular weight is 283 g/mol. The average Bonchev–Trinajstić information content (AvgIpc) is 2.99. The molecule has 0 fully saturated rings. The Morgan fingerprint density at radius 1 is 1.00 bits per heavy atom. The fourth-order valence-electron chi connectivity index (χ4n) is 1.76. The lowest BCUT2D eigenvalue weighted by Crippen LogP contribution is -2.16. The molecular formula is C14H13N5S. The molecule has 3 rings (SSSR count).